The number of esters is 1. The molecule has 0 radical (unpaired) electrons. The molecule has 0 saturated carbocycles. The highest BCUT2D eigenvalue weighted by Crippen LogP contribution is 2.31. The lowest BCUT2D eigenvalue weighted by Crippen LogP contribution is -2.08. The number of allylic oxidation sites excluding steroid dienone is 1. The number of benzene rings is 1. The highest BCUT2D eigenvalue weighted by Gasteiger charge is 2.12. The predicted octanol–water partition coefficient (Wildman–Crippen LogP) is 4.23. The molecule has 0 fully saturated rings. The van der Waals surface area contributed by atoms with E-state index < -0.39 is 0 Å². The Morgan fingerprint density at radius 1 is 1.27 bits per heavy atom. The van der Waals surface area contributed by atoms with E-state index in [1.807, 2.05) is 0 Å². The molecule has 0 heterocycles. The van der Waals surface area contributed by atoms with Gasteiger partial charge in [-0.3, -0.25) is 0 Å². The summed E-state index contributed by atoms with van der Waals surface area (Å²) in [5.74, 6) is 0.673. The molecule has 22 heavy (non-hydrogen) atoms. The molecule has 0 saturated heterocycles. The summed E-state index contributed by atoms with van der Waals surface area (Å²) in [6, 6.07) is 4.32. The lowest BCUT2D eigenvalue weighted by molar-refractivity contribution is -0.139. The number of hydrogen-bond acceptors (Lipinski definition) is 3. The molecule has 1 aliphatic carbocycles. The highest BCUT2D eigenvalue weighted by molar-refractivity contribution is 5.86. The Bertz CT molecular complexity index is 585. The summed E-state index contributed by atoms with van der Waals surface area (Å²) in [6.07, 6.45) is 8.20. The van der Waals surface area contributed by atoms with E-state index in [-0.39, 0.29) is 5.97 Å². The van der Waals surface area contributed by atoms with Crippen LogP contribution >= 0.6 is 0 Å². The minimum Gasteiger partial charge on any atom is -0.493 e. The first-order valence-corrected chi connectivity index (χ1v) is 7.84. The van der Waals surface area contributed by atoms with E-state index in [1.165, 1.54) is 16.7 Å². The van der Waals surface area contributed by atoms with Gasteiger partial charge in [0.05, 0.1) is 13.2 Å². The first-order chi connectivity index (χ1) is 10.6. The fourth-order valence-corrected chi connectivity index (χ4v) is 2.45. The normalized spacial score (nSPS) is 12.6. The van der Waals surface area contributed by atoms with Gasteiger partial charge in [0.2, 0.25) is 0 Å². The molecule has 2 rings (SSSR count). The van der Waals surface area contributed by atoms with Gasteiger partial charge in [-0.15, -0.1) is 0 Å². The summed E-state index contributed by atoms with van der Waals surface area (Å²) in [5, 5.41) is 0. The standard InChI is InChI=1S/C19H24O3/c1-14(2)19(20)22-13-7-6-12-21-18-15(3)10-11-16-8-4-5-9-17(16)18/h5,9-11H,1,4,6-8,12-13H2,2-3H3. The van der Waals surface area contributed by atoms with Crippen molar-refractivity contribution in [2.75, 3.05) is 13.2 Å². The molecule has 3 heteroatoms. The topological polar surface area (TPSA) is 35.5 Å². The molecular weight excluding hydrogens is 276 g/mol. The summed E-state index contributed by atoms with van der Waals surface area (Å²) in [4.78, 5) is 11.2. The van der Waals surface area contributed by atoms with Crippen LogP contribution < -0.4 is 4.74 Å². The Morgan fingerprint density at radius 3 is 2.82 bits per heavy atom. The number of ether oxygens (including phenoxy) is 2. The maximum absolute atomic E-state index is 11.2. The lowest BCUT2D eigenvalue weighted by atomic mass is 9.94. The van der Waals surface area contributed by atoms with Crippen molar-refractivity contribution in [1.82, 2.24) is 0 Å². The van der Waals surface area contributed by atoms with Gasteiger partial charge in [0.25, 0.3) is 0 Å². The second-order valence-corrected chi connectivity index (χ2v) is 5.70. The Kier molecular flexibility index (Phi) is 5.82. The molecule has 0 amide bonds. The Morgan fingerprint density at radius 2 is 2.05 bits per heavy atom. The van der Waals surface area contributed by atoms with Crippen LogP contribution in [0, 0.1) is 6.92 Å². The van der Waals surface area contributed by atoms with Gasteiger partial charge in [0.1, 0.15) is 5.75 Å². The number of unbranched alkanes of at least 4 members (excludes halogenated alkanes) is 1. The Labute approximate surface area is 132 Å². The maximum atomic E-state index is 11.2. The van der Waals surface area contributed by atoms with Crippen molar-refractivity contribution in [2.45, 2.75) is 39.5 Å². The number of rotatable bonds is 7. The van der Waals surface area contributed by atoms with E-state index in [9.17, 15) is 4.79 Å². The second-order valence-electron chi connectivity index (χ2n) is 5.70. The molecule has 0 bridgehead atoms. The van der Waals surface area contributed by atoms with Gasteiger partial charge in [0.15, 0.2) is 0 Å². The monoisotopic (exact) mass is 300 g/mol. The molecule has 1 aromatic carbocycles. The third-order valence-electron chi connectivity index (χ3n) is 3.71. The van der Waals surface area contributed by atoms with Gasteiger partial charge in [-0.25, -0.2) is 4.79 Å². The molecule has 118 valence electrons. The third-order valence-corrected chi connectivity index (χ3v) is 3.71. The zero-order valence-corrected chi connectivity index (χ0v) is 13.5. The van der Waals surface area contributed by atoms with E-state index in [0.29, 0.717) is 18.8 Å². The van der Waals surface area contributed by atoms with Crippen LogP contribution in [-0.4, -0.2) is 19.2 Å². The van der Waals surface area contributed by atoms with Crippen molar-refractivity contribution in [2.24, 2.45) is 0 Å². The van der Waals surface area contributed by atoms with Gasteiger partial charge in [-0.05, 0) is 50.7 Å². The van der Waals surface area contributed by atoms with Crippen LogP contribution in [0.25, 0.3) is 6.08 Å². The zero-order valence-electron chi connectivity index (χ0n) is 13.5. The van der Waals surface area contributed by atoms with Gasteiger partial charge < -0.3 is 9.47 Å². The second kappa shape index (κ2) is 7.83. The molecule has 1 aliphatic rings. The van der Waals surface area contributed by atoms with Crippen LogP contribution in [0.1, 0.15) is 42.9 Å². The molecule has 1 aromatic rings. The number of aryl methyl sites for hydroxylation is 2. The smallest absolute Gasteiger partial charge is 0.333 e. The largest absolute Gasteiger partial charge is 0.493 e. The van der Waals surface area contributed by atoms with Crippen molar-refractivity contribution in [3.8, 4) is 5.75 Å². The van der Waals surface area contributed by atoms with E-state index in [2.05, 4.69) is 37.8 Å². The van der Waals surface area contributed by atoms with Crippen molar-refractivity contribution >= 4 is 12.0 Å². The lowest BCUT2D eigenvalue weighted by Gasteiger charge is -2.18. The SMILES string of the molecule is C=C(C)C(=O)OCCCCOc1c(C)ccc2c1C=CCC2. The highest BCUT2D eigenvalue weighted by atomic mass is 16.5. The predicted molar refractivity (Wildman–Crippen MR) is 89.0 cm³/mol. The van der Waals surface area contributed by atoms with Crippen molar-refractivity contribution in [3.05, 3.63) is 47.1 Å². The Balaban J connectivity index is 1.80. The number of fused-ring (bicyclic) bond motifs is 1. The molecule has 0 aliphatic heterocycles. The van der Waals surface area contributed by atoms with Crippen LogP contribution in [0.5, 0.6) is 5.75 Å². The number of hydrogen-bond donors (Lipinski definition) is 0. The van der Waals surface area contributed by atoms with Gasteiger partial charge in [0, 0.05) is 11.1 Å². The van der Waals surface area contributed by atoms with Crippen LogP contribution in [0.4, 0.5) is 0 Å². The average Bonchev–Trinajstić information content (AvgIpc) is 2.52. The number of carbonyl (C=O) groups excluding carboxylic acids is 1. The van der Waals surface area contributed by atoms with E-state index in [4.69, 9.17) is 9.47 Å². The molecule has 0 unspecified atom stereocenters. The summed E-state index contributed by atoms with van der Waals surface area (Å²) < 4.78 is 11.0. The zero-order chi connectivity index (χ0) is 15.9. The summed E-state index contributed by atoms with van der Waals surface area (Å²) >= 11 is 0. The molecule has 3 nitrogen and oxygen atoms in total. The first-order valence-electron chi connectivity index (χ1n) is 7.84. The fourth-order valence-electron chi connectivity index (χ4n) is 2.45. The quantitative estimate of drug-likeness (QED) is 0.429. The third kappa shape index (κ3) is 4.23. The molecule has 0 N–H and O–H groups in total. The van der Waals surface area contributed by atoms with Crippen LogP contribution in [0.3, 0.4) is 0 Å². The number of carbonyl (C=O) groups is 1. The van der Waals surface area contributed by atoms with Crippen molar-refractivity contribution in [3.63, 3.8) is 0 Å². The van der Waals surface area contributed by atoms with E-state index in [1.54, 1.807) is 6.92 Å². The van der Waals surface area contributed by atoms with Gasteiger partial charge in [-0.1, -0.05) is 30.9 Å². The van der Waals surface area contributed by atoms with Crippen molar-refractivity contribution in [1.29, 1.82) is 0 Å². The van der Waals surface area contributed by atoms with Crippen LogP contribution in [0.2, 0.25) is 0 Å². The fraction of sp³-hybridized carbons (Fsp3) is 0.421. The van der Waals surface area contributed by atoms with Gasteiger partial charge >= 0.3 is 5.97 Å². The van der Waals surface area contributed by atoms with E-state index in [0.717, 1.165) is 31.4 Å². The molecule has 0 atom stereocenters. The first kappa shape index (κ1) is 16.3. The Hall–Kier alpha value is -2.03. The van der Waals surface area contributed by atoms with Crippen LogP contribution in [0.15, 0.2) is 30.4 Å². The molecule has 0 aromatic heterocycles. The summed E-state index contributed by atoms with van der Waals surface area (Å²) in [7, 11) is 0. The molecule has 0 spiro atoms. The van der Waals surface area contributed by atoms with E-state index >= 15 is 0 Å². The minimum absolute atomic E-state index is 0.320. The molecular formula is C19H24O3. The summed E-state index contributed by atoms with van der Waals surface area (Å²) in [5.41, 5.74) is 4.19. The average molecular weight is 300 g/mol. The maximum Gasteiger partial charge on any atom is 0.333 e. The minimum atomic E-state index is -0.320. The summed E-state index contributed by atoms with van der Waals surface area (Å²) in [6.45, 7) is 8.34. The van der Waals surface area contributed by atoms with Crippen molar-refractivity contribution < 1.29 is 14.3 Å². The van der Waals surface area contributed by atoms with Gasteiger partial charge in [-0.2, -0.15) is 0 Å². The van der Waals surface area contributed by atoms with Crippen LogP contribution in [-0.2, 0) is 16.0 Å².